The van der Waals surface area contributed by atoms with E-state index in [0.717, 1.165) is 5.56 Å². The highest BCUT2D eigenvalue weighted by Gasteiger charge is 1.92. The summed E-state index contributed by atoms with van der Waals surface area (Å²) in [6.07, 6.45) is 5.22. The second-order valence-electron chi connectivity index (χ2n) is 1.89. The molecule has 1 aromatic heterocycles. The molecule has 4 nitrogen and oxygen atoms in total. The molecule has 0 fully saturated rings. The maximum absolute atomic E-state index is 5.10. The Morgan fingerprint density at radius 1 is 1.90 bits per heavy atom. The molecule has 1 aromatic rings. The lowest BCUT2D eigenvalue weighted by atomic mass is 10.4. The van der Waals surface area contributed by atoms with E-state index in [4.69, 9.17) is 5.84 Å². The first kappa shape index (κ1) is 6.98. The van der Waals surface area contributed by atoms with Crippen LogP contribution in [0.1, 0.15) is 5.56 Å². The van der Waals surface area contributed by atoms with E-state index < -0.39 is 0 Å². The minimum Gasteiger partial charge on any atom is -0.271 e. The molecule has 0 radical (unpaired) electrons. The van der Waals surface area contributed by atoms with E-state index in [1.807, 2.05) is 6.20 Å². The average Bonchev–Trinajstić information content (AvgIpc) is 2.37. The number of hydrogen-bond donors (Lipinski definition) is 2. The molecule has 3 N–H and O–H groups in total. The fourth-order valence-corrected chi connectivity index (χ4v) is 0.686. The Morgan fingerprint density at radius 2 is 2.70 bits per heavy atom. The highest BCUT2D eigenvalue weighted by molar-refractivity contribution is 5.17. The Bertz CT molecular complexity index is 215. The molecule has 0 aromatic carbocycles. The summed E-state index contributed by atoms with van der Waals surface area (Å²) < 4.78 is 1.63. The zero-order chi connectivity index (χ0) is 7.40. The zero-order valence-electron chi connectivity index (χ0n) is 5.62. The van der Waals surface area contributed by atoms with Crippen molar-refractivity contribution >= 4 is 6.20 Å². The predicted molar refractivity (Wildman–Crippen MR) is 39.6 cm³/mol. The van der Waals surface area contributed by atoms with Gasteiger partial charge in [0, 0.05) is 24.5 Å². The highest BCUT2D eigenvalue weighted by Crippen LogP contribution is 1.95. The van der Waals surface area contributed by atoms with Gasteiger partial charge in [0.25, 0.3) is 0 Å². The molecule has 1 heterocycles. The molecule has 0 bridgehead atoms. The van der Waals surface area contributed by atoms with Crippen LogP contribution in [-0.2, 0) is 6.54 Å². The first-order valence-corrected chi connectivity index (χ1v) is 2.96. The van der Waals surface area contributed by atoms with Crippen molar-refractivity contribution < 1.29 is 0 Å². The summed E-state index contributed by atoms with van der Waals surface area (Å²) in [4.78, 5) is 0. The van der Waals surface area contributed by atoms with Gasteiger partial charge >= 0.3 is 0 Å². The number of hydrogen-bond acceptors (Lipinski definition) is 3. The third-order valence-electron chi connectivity index (χ3n) is 1.15. The van der Waals surface area contributed by atoms with Crippen molar-refractivity contribution in [3.8, 4) is 0 Å². The van der Waals surface area contributed by atoms with Gasteiger partial charge in [-0.05, 0) is 0 Å². The van der Waals surface area contributed by atoms with Crippen LogP contribution in [0.2, 0.25) is 0 Å². The molecule has 1 rings (SSSR count). The van der Waals surface area contributed by atoms with Crippen LogP contribution in [0, 0.1) is 0 Å². The summed E-state index contributed by atoms with van der Waals surface area (Å²) in [5.41, 5.74) is 3.58. The summed E-state index contributed by atoms with van der Waals surface area (Å²) in [5.74, 6) is 5.10. The van der Waals surface area contributed by atoms with E-state index in [2.05, 4.69) is 17.1 Å². The molecule has 0 saturated heterocycles. The molecule has 10 heavy (non-hydrogen) atoms. The Hall–Kier alpha value is -1.13. The Morgan fingerprint density at radius 3 is 3.20 bits per heavy atom. The highest BCUT2D eigenvalue weighted by atomic mass is 15.3. The lowest BCUT2D eigenvalue weighted by molar-refractivity contribution is 0.741. The van der Waals surface area contributed by atoms with Crippen LogP contribution in [-0.4, -0.2) is 9.78 Å². The van der Waals surface area contributed by atoms with E-state index in [1.165, 1.54) is 0 Å². The first-order valence-electron chi connectivity index (χ1n) is 2.96. The Balaban J connectivity index is 2.68. The standard InChI is InChI=1S/C6H10N4/c1-2-10-5-6(3-8-7)4-9-10/h2,4-5,8H,1,3,7H2. The Labute approximate surface area is 59.3 Å². The number of nitrogens with two attached hydrogens (primary N) is 1. The number of nitrogens with one attached hydrogen (secondary N) is 1. The minimum atomic E-state index is 0.633. The quantitative estimate of drug-likeness (QED) is 0.454. The van der Waals surface area contributed by atoms with Crippen LogP contribution >= 0.6 is 0 Å². The van der Waals surface area contributed by atoms with Gasteiger partial charge in [0.05, 0.1) is 6.20 Å². The topological polar surface area (TPSA) is 55.9 Å². The van der Waals surface area contributed by atoms with Gasteiger partial charge in [0.2, 0.25) is 0 Å². The lowest BCUT2D eigenvalue weighted by Gasteiger charge is -1.90. The van der Waals surface area contributed by atoms with Crippen LogP contribution in [0.5, 0.6) is 0 Å². The van der Waals surface area contributed by atoms with Crippen LogP contribution in [0.3, 0.4) is 0 Å². The summed E-state index contributed by atoms with van der Waals surface area (Å²) in [6.45, 7) is 4.19. The second-order valence-corrected chi connectivity index (χ2v) is 1.89. The van der Waals surface area contributed by atoms with Crippen molar-refractivity contribution in [3.05, 3.63) is 24.5 Å². The largest absolute Gasteiger partial charge is 0.271 e. The van der Waals surface area contributed by atoms with Gasteiger partial charge in [-0.1, -0.05) is 6.58 Å². The molecule has 54 valence electrons. The van der Waals surface area contributed by atoms with E-state index in [0.29, 0.717) is 6.54 Å². The molecule has 0 saturated carbocycles. The lowest BCUT2D eigenvalue weighted by Crippen LogP contribution is -2.20. The number of nitrogens with zero attached hydrogens (tertiary/aromatic N) is 2. The van der Waals surface area contributed by atoms with Gasteiger partial charge in [-0.2, -0.15) is 5.10 Å². The molecular formula is C6H10N4. The average molecular weight is 138 g/mol. The van der Waals surface area contributed by atoms with Crippen molar-refractivity contribution in [3.63, 3.8) is 0 Å². The van der Waals surface area contributed by atoms with Gasteiger partial charge in [-0.25, -0.2) is 4.68 Å². The van der Waals surface area contributed by atoms with Crippen LogP contribution in [0.25, 0.3) is 6.20 Å². The number of hydrazine groups is 1. The predicted octanol–water partition coefficient (Wildman–Crippen LogP) is -0.0531. The van der Waals surface area contributed by atoms with E-state index >= 15 is 0 Å². The van der Waals surface area contributed by atoms with Crippen molar-refractivity contribution in [2.75, 3.05) is 0 Å². The van der Waals surface area contributed by atoms with Gasteiger partial charge in [-0.15, -0.1) is 0 Å². The van der Waals surface area contributed by atoms with E-state index in [1.54, 1.807) is 17.1 Å². The first-order chi connectivity index (χ1) is 4.86. The van der Waals surface area contributed by atoms with Crippen molar-refractivity contribution in [1.29, 1.82) is 0 Å². The molecule has 4 heteroatoms. The van der Waals surface area contributed by atoms with Crippen molar-refractivity contribution in [2.24, 2.45) is 5.84 Å². The normalized spacial score (nSPS) is 9.70. The monoisotopic (exact) mass is 138 g/mol. The fourth-order valence-electron chi connectivity index (χ4n) is 0.686. The Kier molecular flexibility index (Phi) is 2.20. The summed E-state index contributed by atoms with van der Waals surface area (Å²) in [6, 6.07) is 0. The van der Waals surface area contributed by atoms with Gasteiger partial charge in [0.1, 0.15) is 0 Å². The van der Waals surface area contributed by atoms with Gasteiger partial charge < -0.3 is 0 Å². The summed E-state index contributed by atoms with van der Waals surface area (Å²) >= 11 is 0. The zero-order valence-corrected chi connectivity index (χ0v) is 5.62. The van der Waals surface area contributed by atoms with Gasteiger partial charge in [-0.3, -0.25) is 11.3 Å². The molecular weight excluding hydrogens is 128 g/mol. The molecule has 0 unspecified atom stereocenters. The number of rotatable bonds is 3. The molecule has 0 amide bonds. The smallest absolute Gasteiger partial charge is 0.0539 e. The van der Waals surface area contributed by atoms with Crippen LogP contribution < -0.4 is 11.3 Å². The third kappa shape index (κ3) is 1.43. The van der Waals surface area contributed by atoms with Crippen molar-refractivity contribution in [1.82, 2.24) is 15.2 Å². The SMILES string of the molecule is C=Cn1cc(CNN)cn1. The second kappa shape index (κ2) is 3.14. The van der Waals surface area contributed by atoms with Crippen molar-refractivity contribution in [2.45, 2.75) is 6.54 Å². The fraction of sp³-hybridized carbons (Fsp3) is 0.167. The molecule has 0 aliphatic rings. The molecule has 0 aliphatic heterocycles. The molecule has 0 atom stereocenters. The van der Waals surface area contributed by atoms with E-state index in [-0.39, 0.29) is 0 Å². The van der Waals surface area contributed by atoms with Gasteiger partial charge in [0.15, 0.2) is 0 Å². The van der Waals surface area contributed by atoms with Crippen LogP contribution in [0.4, 0.5) is 0 Å². The maximum Gasteiger partial charge on any atom is 0.0539 e. The third-order valence-corrected chi connectivity index (χ3v) is 1.15. The molecule has 0 spiro atoms. The van der Waals surface area contributed by atoms with Crippen LogP contribution in [0.15, 0.2) is 19.0 Å². The summed E-state index contributed by atoms with van der Waals surface area (Å²) in [5, 5.41) is 3.96. The van der Waals surface area contributed by atoms with E-state index in [9.17, 15) is 0 Å². The molecule has 0 aliphatic carbocycles. The minimum absolute atomic E-state index is 0.633. The maximum atomic E-state index is 5.10. The number of aromatic nitrogens is 2. The summed E-state index contributed by atoms with van der Waals surface area (Å²) in [7, 11) is 0.